The molecule has 0 spiro atoms. The normalized spacial score (nSPS) is 14.0. The number of carbonyl (C=O) groups is 1. The number of carbonyl (C=O) groups excluding carboxylic acids is 1. The average Bonchev–Trinajstić information content (AvgIpc) is 3.20. The number of anilines is 1. The monoisotopic (exact) mass is 473 g/mol. The maximum absolute atomic E-state index is 13.0. The number of para-hydroxylation sites is 1. The van der Waals surface area contributed by atoms with Crippen LogP contribution < -0.4 is 14.8 Å². The van der Waals surface area contributed by atoms with Gasteiger partial charge >= 0.3 is 0 Å². The number of fused-ring (bicyclic) bond motifs is 1. The van der Waals surface area contributed by atoms with E-state index in [2.05, 4.69) is 10.3 Å². The molecule has 0 atom stereocenters. The molecule has 0 bridgehead atoms. The molecule has 32 heavy (non-hydrogen) atoms. The molecular formula is C22H23N3O5S2. The van der Waals surface area contributed by atoms with Crippen LogP contribution in [0.4, 0.5) is 5.13 Å². The van der Waals surface area contributed by atoms with E-state index >= 15 is 0 Å². The fourth-order valence-corrected chi connectivity index (χ4v) is 6.03. The number of aromatic nitrogens is 1. The van der Waals surface area contributed by atoms with E-state index in [4.69, 9.17) is 9.47 Å². The van der Waals surface area contributed by atoms with Crippen LogP contribution in [0.5, 0.6) is 11.5 Å². The van der Waals surface area contributed by atoms with E-state index in [1.165, 1.54) is 29.9 Å². The Balaban J connectivity index is 1.53. The Hall–Kier alpha value is -2.95. The number of amides is 1. The lowest BCUT2D eigenvalue weighted by atomic mass is 10.1. The van der Waals surface area contributed by atoms with Crippen molar-refractivity contribution in [1.29, 1.82) is 0 Å². The molecular weight excluding hydrogens is 450 g/mol. The third-order valence-corrected chi connectivity index (χ3v) is 8.08. The van der Waals surface area contributed by atoms with Crippen molar-refractivity contribution in [2.75, 3.05) is 26.1 Å². The molecule has 8 nitrogen and oxygen atoms in total. The molecule has 4 rings (SSSR count). The van der Waals surface area contributed by atoms with Gasteiger partial charge in [0.25, 0.3) is 5.91 Å². The molecule has 1 amide bonds. The zero-order chi connectivity index (χ0) is 22.9. The molecule has 2 aromatic carbocycles. The predicted molar refractivity (Wildman–Crippen MR) is 122 cm³/mol. The van der Waals surface area contributed by atoms with Crippen LogP contribution in [0.2, 0.25) is 0 Å². The van der Waals surface area contributed by atoms with Crippen molar-refractivity contribution in [3.63, 3.8) is 0 Å². The smallest absolute Gasteiger partial charge is 0.261 e. The number of ether oxygens (including phenoxy) is 2. The number of hydrogen-bond donors (Lipinski definition) is 1. The highest BCUT2D eigenvalue weighted by molar-refractivity contribution is 7.89. The second-order valence-electron chi connectivity index (χ2n) is 7.29. The van der Waals surface area contributed by atoms with Gasteiger partial charge in [0.15, 0.2) is 16.6 Å². The van der Waals surface area contributed by atoms with Crippen molar-refractivity contribution >= 4 is 32.4 Å². The Bertz CT molecular complexity index is 1250. The minimum atomic E-state index is -3.60. The van der Waals surface area contributed by atoms with Gasteiger partial charge in [-0.2, -0.15) is 4.31 Å². The van der Waals surface area contributed by atoms with E-state index in [1.807, 2.05) is 6.92 Å². The van der Waals surface area contributed by atoms with Crippen molar-refractivity contribution in [2.45, 2.75) is 24.8 Å². The molecule has 1 aromatic heterocycles. The Kier molecular flexibility index (Phi) is 6.18. The van der Waals surface area contributed by atoms with Gasteiger partial charge in [0.05, 0.1) is 36.9 Å². The van der Waals surface area contributed by atoms with Gasteiger partial charge in [0, 0.05) is 17.8 Å². The lowest BCUT2D eigenvalue weighted by molar-refractivity contribution is 0.102. The maximum atomic E-state index is 13.0. The maximum Gasteiger partial charge on any atom is 0.261 e. The fraction of sp³-hybridized carbons (Fsp3) is 0.273. The number of rotatable bonds is 6. The van der Waals surface area contributed by atoms with Gasteiger partial charge in [0.2, 0.25) is 10.0 Å². The molecule has 10 heteroatoms. The molecule has 2 heterocycles. The van der Waals surface area contributed by atoms with E-state index in [1.54, 1.807) is 42.5 Å². The van der Waals surface area contributed by atoms with Crippen molar-refractivity contribution in [1.82, 2.24) is 9.29 Å². The van der Waals surface area contributed by atoms with Crippen LogP contribution >= 0.6 is 11.3 Å². The average molecular weight is 474 g/mol. The summed E-state index contributed by atoms with van der Waals surface area (Å²) >= 11 is 1.28. The van der Waals surface area contributed by atoms with Crippen LogP contribution in [0.15, 0.2) is 47.4 Å². The van der Waals surface area contributed by atoms with Crippen LogP contribution in [0.1, 0.15) is 26.5 Å². The van der Waals surface area contributed by atoms with Gasteiger partial charge < -0.3 is 9.47 Å². The summed E-state index contributed by atoms with van der Waals surface area (Å²) in [6.07, 6.45) is 0.481. The van der Waals surface area contributed by atoms with Crippen molar-refractivity contribution in [3.05, 3.63) is 64.2 Å². The van der Waals surface area contributed by atoms with Crippen molar-refractivity contribution < 1.29 is 22.7 Å². The molecule has 0 radical (unpaired) electrons. The zero-order valence-electron chi connectivity index (χ0n) is 17.9. The van der Waals surface area contributed by atoms with E-state index in [0.29, 0.717) is 35.2 Å². The number of methoxy groups -OCH3 is 2. The lowest BCUT2D eigenvalue weighted by Crippen LogP contribution is -2.35. The van der Waals surface area contributed by atoms with Crippen LogP contribution in [0.25, 0.3) is 0 Å². The fourth-order valence-electron chi connectivity index (χ4n) is 3.52. The number of nitrogens with zero attached hydrogens (tertiary/aromatic N) is 2. The number of sulfonamides is 1. The first-order chi connectivity index (χ1) is 15.3. The summed E-state index contributed by atoms with van der Waals surface area (Å²) in [6.45, 7) is 2.48. The van der Waals surface area contributed by atoms with E-state index in [9.17, 15) is 13.2 Å². The minimum absolute atomic E-state index is 0.224. The highest BCUT2D eigenvalue weighted by Gasteiger charge is 2.30. The van der Waals surface area contributed by atoms with Gasteiger partial charge in [-0.25, -0.2) is 13.4 Å². The molecule has 1 aliphatic rings. The summed E-state index contributed by atoms with van der Waals surface area (Å²) in [4.78, 5) is 18.4. The molecule has 0 unspecified atom stereocenters. The highest BCUT2D eigenvalue weighted by atomic mass is 32.2. The largest absolute Gasteiger partial charge is 0.493 e. The number of thiazole rings is 1. The highest BCUT2D eigenvalue weighted by Crippen LogP contribution is 2.34. The summed E-state index contributed by atoms with van der Waals surface area (Å²) in [5.74, 6) is 0.413. The molecule has 1 N–H and O–H groups in total. The number of nitrogens with one attached hydrogen (secondary N) is 1. The van der Waals surface area contributed by atoms with E-state index in [-0.39, 0.29) is 17.3 Å². The zero-order valence-corrected chi connectivity index (χ0v) is 19.5. The van der Waals surface area contributed by atoms with E-state index in [0.717, 1.165) is 16.1 Å². The van der Waals surface area contributed by atoms with Crippen LogP contribution in [-0.4, -0.2) is 44.4 Å². The van der Waals surface area contributed by atoms with Crippen LogP contribution in [0, 0.1) is 6.92 Å². The van der Waals surface area contributed by atoms with Gasteiger partial charge in [0.1, 0.15) is 0 Å². The SMILES string of the molecule is COc1cccc(C(=O)Nc2nc3c(s2)CN(S(=O)(=O)c2ccc(C)cc2)CC3)c1OC. The molecule has 3 aromatic rings. The minimum Gasteiger partial charge on any atom is -0.493 e. The molecule has 0 saturated carbocycles. The summed E-state index contributed by atoms with van der Waals surface area (Å²) in [6, 6.07) is 11.9. The summed E-state index contributed by atoms with van der Waals surface area (Å²) in [7, 11) is -0.624. The van der Waals surface area contributed by atoms with Crippen molar-refractivity contribution in [2.24, 2.45) is 0 Å². The molecule has 168 valence electrons. The third-order valence-electron chi connectivity index (χ3n) is 5.22. The van der Waals surface area contributed by atoms with Crippen LogP contribution in [-0.2, 0) is 23.0 Å². The standard InChI is InChI=1S/C22H23N3O5S2/c1-14-7-9-15(10-8-14)32(27,28)25-12-11-17-19(13-25)31-22(23-17)24-21(26)16-5-4-6-18(29-2)20(16)30-3/h4-10H,11-13H2,1-3H3,(H,23,24,26). The molecule has 0 fully saturated rings. The number of hydrogen-bond acceptors (Lipinski definition) is 7. The Morgan fingerprint density at radius 2 is 1.88 bits per heavy atom. The van der Waals surface area contributed by atoms with Gasteiger partial charge in [-0.1, -0.05) is 23.8 Å². The van der Waals surface area contributed by atoms with Crippen molar-refractivity contribution in [3.8, 4) is 11.5 Å². The summed E-state index contributed by atoms with van der Waals surface area (Å²) in [5, 5.41) is 3.21. The summed E-state index contributed by atoms with van der Waals surface area (Å²) in [5.41, 5.74) is 2.13. The van der Waals surface area contributed by atoms with E-state index < -0.39 is 10.0 Å². The topological polar surface area (TPSA) is 97.8 Å². The van der Waals surface area contributed by atoms with Crippen LogP contribution in [0.3, 0.4) is 0 Å². The Morgan fingerprint density at radius 1 is 1.12 bits per heavy atom. The number of benzene rings is 2. The van der Waals surface area contributed by atoms with Gasteiger partial charge in [-0.05, 0) is 31.2 Å². The van der Waals surface area contributed by atoms with Gasteiger partial charge in [-0.3, -0.25) is 10.1 Å². The molecule has 0 aliphatic carbocycles. The second kappa shape index (κ2) is 8.89. The quantitative estimate of drug-likeness (QED) is 0.589. The Morgan fingerprint density at radius 3 is 2.56 bits per heavy atom. The Labute approximate surface area is 190 Å². The lowest BCUT2D eigenvalue weighted by Gasteiger charge is -2.25. The molecule has 1 aliphatic heterocycles. The molecule has 0 saturated heterocycles. The predicted octanol–water partition coefficient (Wildman–Crippen LogP) is 3.47. The number of aryl methyl sites for hydroxylation is 1. The van der Waals surface area contributed by atoms with Gasteiger partial charge in [-0.15, -0.1) is 11.3 Å². The third kappa shape index (κ3) is 4.21. The first kappa shape index (κ1) is 22.3. The first-order valence-electron chi connectivity index (χ1n) is 9.91. The first-order valence-corrected chi connectivity index (χ1v) is 12.2. The second-order valence-corrected chi connectivity index (χ2v) is 10.3. The summed E-state index contributed by atoms with van der Waals surface area (Å²) < 4.78 is 38.1.